The normalized spacial score (nSPS) is 12.1. The molecular formula is C20H15ClN4O4. The van der Waals surface area contributed by atoms with Crippen LogP contribution in [0.3, 0.4) is 0 Å². The van der Waals surface area contributed by atoms with E-state index < -0.39 is 5.97 Å². The number of aryl methyl sites for hydroxylation is 1. The van der Waals surface area contributed by atoms with E-state index in [9.17, 15) is 9.59 Å². The zero-order valence-corrected chi connectivity index (χ0v) is 16.0. The van der Waals surface area contributed by atoms with E-state index in [2.05, 4.69) is 20.6 Å². The minimum absolute atomic E-state index is 0.0966. The molecule has 146 valence electrons. The third-order valence-electron chi connectivity index (χ3n) is 4.12. The number of carbonyl (C=O) groups excluding carboxylic acids is 2. The Labute approximate surface area is 170 Å². The van der Waals surface area contributed by atoms with Crippen molar-refractivity contribution in [2.45, 2.75) is 13.3 Å². The predicted octanol–water partition coefficient (Wildman–Crippen LogP) is 4.34. The number of aromatic nitrogens is 2. The Morgan fingerprint density at radius 3 is 2.59 bits per heavy atom. The van der Waals surface area contributed by atoms with Gasteiger partial charge < -0.3 is 20.1 Å². The molecule has 2 amide bonds. The molecule has 3 aromatic rings. The number of nitrogens with zero attached hydrogens (tertiary/aromatic N) is 2. The predicted molar refractivity (Wildman–Crippen MR) is 107 cm³/mol. The van der Waals surface area contributed by atoms with Crippen molar-refractivity contribution in [3.63, 3.8) is 0 Å². The summed E-state index contributed by atoms with van der Waals surface area (Å²) in [5.74, 6) is 0.467. The first-order valence-corrected chi connectivity index (χ1v) is 9.02. The largest absolute Gasteiger partial charge is 0.436 e. The number of amides is 2. The number of nitrogens with one attached hydrogen (secondary N) is 2. The van der Waals surface area contributed by atoms with Crippen molar-refractivity contribution in [3.8, 4) is 17.4 Å². The van der Waals surface area contributed by atoms with Gasteiger partial charge in [0.1, 0.15) is 17.8 Å². The number of urea groups is 1. The summed E-state index contributed by atoms with van der Waals surface area (Å²) in [7, 11) is 0. The lowest BCUT2D eigenvalue weighted by Crippen LogP contribution is -2.19. The number of anilines is 2. The molecule has 2 heterocycles. The van der Waals surface area contributed by atoms with E-state index in [0.717, 1.165) is 5.56 Å². The number of ether oxygens (including phenoxy) is 2. The van der Waals surface area contributed by atoms with Gasteiger partial charge in [0.15, 0.2) is 0 Å². The fourth-order valence-corrected chi connectivity index (χ4v) is 2.83. The molecule has 0 radical (unpaired) electrons. The average molecular weight is 411 g/mol. The molecule has 0 saturated carbocycles. The second kappa shape index (κ2) is 7.76. The molecular weight excluding hydrogens is 396 g/mol. The second-order valence-corrected chi connectivity index (χ2v) is 6.68. The Hall–Kier alpha value is -3.65. The zero-order valence-electron chi connectivity index (χ0n) is 15.2. The van der Waals surface area contributed by atoms with Crippen molar-refractivity contribution in [1.29, 1.82) is 0 Å². The Morgan fingerprint density at radius 2 is 1.83 bits per heavy atom. The maximum absolute atomic E-state index is 12.2. The summed E-state index contributed by atoms with van der Waals surface area (Å²) in [6.45, 7) is 1.86. The number of esters is 1. The van der Waals surface area contributed by atoms with Crippen LogP contribution in [0.15, 0.2) is 48.8 Å². The highest BCUT2D eigenvalue weighted by atomic mass is 35.5. The number of rotatable bonds is 4. The van der Waals surface area contributed by atoms with Crippen LogP contribution in [0.5, 0.6) is 17.4 Å². The third kappa shape index (κ3) is 4.27. The van der Waals surface area contributed by atoms with E-state index in [1.165, 1.54) is 6.33 Å². The van der Waals surface area contributed by atoms with Crippen molar-refractivity contribution in [1.82, 2.24) is 9.97 Å². The summed E-state index contributed by atoms with van der Waals surface area (Å²) < 4.78 is 10.8. The SMILES string of the molecule is Cc1cc(NC(=O)Nc2ccc(Oc3ncnc4c3OC(=O)C4)cc2)ccc1Cl. The van der Waals surface area contributed by atoms with Crippen LogP contribution in [-0.4, -0.2) is 22.0 Å². The quantitative estimate of drug-likeness (QED) is 0.620. The first kappa shape index (κ1) is 18.7. The maximum atomic E-state index is 12.2. The van der Waals surface area contributed by atoms with Crippen molar-refractivity contribution in [2.24, 2.45) is 0 Å². The molecule has 0 bridgehead atoms. The molecule has 1 aliphatic rings. The highest BCUT2D eigenvalue weighted by Crippen LogP contribution is 2.35. The fraction of sp³-hybridized carbons (Fsp3) is 0.100. The van der Waals surface area contributed by atoms with Gasteiger partial charge in [-0.15, -0.1) is 0 Å². The Morgan fingerprint density at radius 1 is 1.10 bits per heavy atom. The topological polar surface area (TPSA) is 102 Å². The molecule has 0 unspecified atom stereocenters. The van der Waals surface area contributed by atoms with Gasteiger partial charge in [0.25, 0.3) is 5.88 Å². The fourth-order valence-electron chi connectivity index (χ4n) is 2.71. The van der Waals surface area contributed by atoms with Crippen LogP contribution in [0.2, 0.25) is 5.02 Å². The highest BCUT2D eigenvalue weighted by Gasteiger charge is 2.27. The van der Waals surface area contributed by atoms with Crippen LogP contribution >= 0.6 is 11.6 Å². The molecule has 29 heavy (non-hydrogen) atoms. The van der Waals surface area contributed by atoms with Gasteiger partial charge >= 0.3 is 12.0 Å². The maximum Gasteiger partial charge on any atom is 0.323 e. The molecule has 0 aliphatic carbocycles. The van der Waals surface area contributed by atoms with E-state index >= 15 is 0 Å². The molecule has 9 heteroatoms. The highest BCUT2D eigenvalue weighted by molar-refractivity contribution is 6.31. The van der Waals surface area contributed by atoms with Crippen LogP contribution in [0.4, 0.5) is 16.2 Å². The van der Waals surface area contributed by atoms with Gasteiger partial charge in [0, 0.05) is 16.4 Å². The Balaban J connectivity index is 1.39. The van der Waals surface area contributed by atoms with Gasteiger partial charge in [-0.05, 0) is 55.0 Å². The van der Waals surface area contributed by atoms with Gasteiger partial charge in [-0.1, -0.05) is 11.6 Å². The number of fused-ring (bicyclic) bond motifs is 1. The van der Waals surface area contributed by atoms with Crippen molar-refractivity contribution in [2.75, 3.05) is 10.6 Å². The van der Waals surface area contributed by atoms with E-state index in [0.29, 0.717) is 27.8 Å². The van der Waals surface area contributed by atoms with E-state index in [1.54, 1.807) is 42.5 Å². The molecule has 0 saturated heterocycles. The third-order valence-corrected chi connectivity index (χ3v) is 4.54. The lowest BCUT2D eigenvalue weighted by molar-refractivity contribution is -0.132. The smallest absolute Gasteiger partial charge is 0.323 e. The number of halogens is 1. The van der Waals surface area contributed by atoms with E-state index in [1.807, 2.05) is 6.92 Å². The van der Waals surface area contributed by atoms with Crippen LogP contribution < -0.4 is 20.1 Å². The van der Waals surface area contributed by atoms with E-state index in [4.69, 9.17) is 21.1 Å². The molecule has 8 nitrogen and oxygen atoms in total. The molecule has 2 N–H and O–H groups in total. The lowest BCUT2D eigenvalue weighted by atomic mass is 10.2. The molecule has 0 atom stereocenters. The molecule has 0 fully saturated rings. The minimum Gasteiger partial charge on any atom is -0.436 e. The number of benzene rings is 2. The summed E-state index contributed by atoms with van der Waals surface area (Å²) in [4.78, 5) is 31.6. The summed E-state index contributed by atoms with van der Waals surface area (Å²) in [5, 5.41) is 6.10. The minimum atomic E-state index is -0.396. The van der Waals surface area contributed by atoms with E-state index in [-0.39, 0.29) is 24.1 Å². The zero-order chi connectivity index (χ0) is 20.4. The van der Waals surface area contributed by atoms with Crippen LogP contribution in [0, 0.1) is 6.92 Å². The Kier molecular flexibility index (Phi) is 5.01. The van der Waals surface area contributed by atoms with Gasteiger partial charge in [-0.2, -0.15) is 4.98 Å². The summed E-state index contributed by atoms with van der Waals surface area (Å²) in [6, 6.07) is 11.5. The number of hydrogen-bond acceptors (Lipinski definition) is 6. The Bertz CT molecular complexity index is 1100. The van der Waals surface area contributed by atoms with Crippen molar-refractivity contribution < 1.29 is 19.1 Å². The van der Waals surface area contributed by atoms with Gasteiger partial charge in [0.2, 0.25) is 5.75 Å². The van der Waals surface area contributed by atoms with Crippen LogP contribution in [0.25, 0.3) is 0 Å². The summed E-state index contributed by atoms with van der Waals surface area (Å²) in [5.41, 5.74) is 2.57. The first-order chi connectivity index (χ1) is 14.0. The molecule has 4 rings (SSSR count). The molecule has 1 aromatic heterocycles. The summed E-state index contributed by atoms with van der Waals surface area (Å²) in [6.07, 6.45) is 1.41. The average Bonchev–Trinajstić information content (AvgIpc) is 3.07. The van der Waals surface area contributed by atoms with Crippen molar-refractivity contribution in [3.05, 3.63) is 65.1 Å². The van der Waals surface area contributed by atoms with Gasteiger partial charge in [0.05, 0.1) is 6.42 Å². The summed E-state index contributed by atoms with van der Waals surface area (Å²) >= 11 is 5.99. The van der Waals surface area contributed by atoms with Crippen molar-refractivity contribution >= 4 is 35.0 Å². The standard InChI is InChI=1S/C20H15ClN4O4/c1-11-8-13(4-7-15(11)21)25-20(27)24-12-2-5-14(6-3-12)28-19-18-16(22-10-23-19)9-17(26)29-18/h2-8,10H,9H2,1H3,(H2,24,25,27). The second-order valence-electron chi connectivity index (χ2n) is 6.28. The van der Waals surface area contributed by atoms with Crippen LogP contribution in [0.1, 0.15) is 11.3 Å². The molecule has 1 aliphatic heterocycles. The van der Waals surface area contributed by atoms with Crippen LogP contribution in [-0.2, 0) is 11.2 Å². The van der Waals surface area contributed by atoms with Gasteiger partial charge in [-0.25, -0.2) is 9.78 Å². The number of hydrogen-bond donors (Lipinski definition) is 2. The van der Waals surface area contributed by atoms with Gasteiger partial charge in [-0.3, -0.25) is 4.79 Å². The number of carbonyl (C=O) groups is 2. The monoisotopic (exact) mass is 410 g/mol. The lowest BCUT2D eigenvalue weighted by Gasteiger charge is -2.10. The molecule has 2 aromatic carbocycles. The molecule has 0 spiro atoms. The first-order valence-electron chi connectivity index (χ1n) is 8.64.